The Balaban J connectivity index is 1.50. The van der Waals surface area contributed by atoms with E-state index in [9.17, 15) is 23.6 Å². The highest BCUT2D eigenvalue weighted by Gasteiger charge is 2.30. The number of nitrogens with zero attached hydrogens (tertiary/aromatic N) is 3. The summed E-state index contributed by atoms with van der Waals surface area (Å²) in [5, 5.41) is 15.4. The molecule has 12 heteroatoms. The van der Waals surface area contributed by atoms with Crippen molar-refractivity contribution in [3.05, 3.63) is 62.6 Å². The van der Waals surface area contributed by atoms with Crippen molar-refractivity contribution < 1.29 is 18.8 Å². The van der Waals surface area contributed by atoms with Crippen LogP contribution in [0.1, 0.15) is 24.4 Å². The number of aromatic nitrogens is 3. The van der Waals surface area contributed by atoms with Crippen molar-refractivity contribution in [1.82, 2.24) is 25.6 Å². The van der Waals surface area contributed by atoms with Gasteiger partial charge in [-0.3, -0.25) is 19.7 Å². The van der Waals surface area contributed by atoms with Crippen LogP contribution in [0, 0.1) is 5.82 Å². The van der Waals surface area contributed by atoms with Gasteiger partial charge < -0.3 is 10.6 Å². The molecule has 1 saturated heterocycles. The number of amides is 4. The summed E-state index contributed by atoms with van der Waals surface area (Å²) in [6, 6.07) is 7.52. The Hall–Kier alpha value is -3.67. The third-order valence-corrected chi connectivity index (χ3v) is 5.53. The van der Waals surface area contributed by atoms with E-state index >= 15 is 0 Å². The monoisotopic (exact) mass is 502 g/mol. The molecule has 2 aromatic carbocycles. The highest BCUT2D eigenvalue weighted by Crippen LogP contribution is 2.19. The van der Waals surface area contributed by atoms with E-state index in [-0.39, 0.29) is 34.9 Å². The van der Waals surface area contributed by atoms with Gasteiger partial charge in [0.25, 0.3) is 11.5 Å². The maximum absolute atomic E-state index is 13.6. The van der Waals surface area contributed by atoms with Crippen LogP contribution < -0.4 is 21.5 Å². The van der Waals surface area contributed by atoms with Crippen molar-refractivity contribution in [2.24, 2.45) is 0 Å². The van der Waals surface area contributed by atoms with Crippen molar-refractivity contribution >= 4 is 50.4 Å². The summed E-state index contributed by atoms with van der Waals surface area (Å²) in [4.78, 5) is 48.5. The van der Waals surface area contributed by atoms with E-state index in [0.29, 0.717) is 11.1 Å². The number of fused-ring (bicyclic) bond motifs is 1. The van der Waals surface area contributed by atoms with Crippen LogP contribution >= 0.6 is 15.9 Å². The molecule has 1 fully saturated rings. The molecule has 4 rings (SSSR count). The topological polar surface area (TPSA) is 135 Å². The number of anilines is 1. The van der Waals surface area contributed by atoms with Gasteiger partial charge >= 0.3 is 6.03 Å². The molecule has 1 aliphatic rings. The lowest BCUT2D eigenvalue weighted by Crippen LogP contribution is -2.45. The second-order valence-corrected chi connectivity index (χ2v) is 7.95. The van der Waals surface area contributed by atoms with Gasteiger partial charge in [-0.15, -0.1) is 5.10 Å². The van der Waals surface area contributed by atoms with Gasteiger partial charge in [0.05, 0.1) is 9.86 Å². The fourth-order valence-electron chi connectivity index (χ4n) is 3.26. The van der Waals surface area contributed by atoms with E-state index in [1.165, 1.54) is 12.1 Å². The molecule has 0 saturated carbocycles. The van der Waals surface area contributed by atoms with Crippen LogP contribution in [0.2, 0.25) is 0 Å². The molecule has 0 bridgehead atoms. The van der Waals surface area contributed by atoms with Gasteiger partial charge in [-0.25, -0.2) is 9.18 Å². The number of benzene rings is 2. The summed E-state index contributed by atoms with van der Waals surface area (Å²) in [5.41, 5.74) is 0.692. The SMILES string of the molecule is O=C1CCC(n2nnc3ccc(CNC(=O)Nc4ccc(Br)c(F)c4)cc3c2=O)C(=O)N1. The van der Waals surface area contributed by atoms with Gasteiger partial charge in [0.15, 0.2) is 0 Å². The Kier molecular flexibility index (Phi) is 5.95. The zero-order valence-electron chi connectivity index (χ0n) is 16.4. The van der Waals surface area contributed by atoms with E-state index in [4.69, 9.17) is 0 Å². The van der Waals surface area contributed by atoms with Crippen molar-refractivity contribution in [3.8, 4) is 0 Å². The minimum Gasteiger partial charge on any atom is -0.334 e. The number of imide groups is 1. The Labute approximate surface area is 188 Å². The molecule has 1 atom stereocenters. The van der Waals surface area contributed by atoms with E-state index in [0.717, 1.165) is 4.68 Å². The maximum Gasteiger partial charge on any atom is 0.319 e. The lowest BCUT2D eigenvalue weighted by atomic mass is 10.1. The number of halogens is 2. The normalized spacial score (nSPS) is 16.0. The zero-order chi connectivity index (χ0) is 22.8. The number of hydrogen-bond donors (Lipinski definition) is 3. The number of rotatable bonds is 4. The molecular formula is C20H16BrFN6O4. The van der Waals surface area contributed by atoms with Gasteiger partial charge in [0.1, 0.15) is 17.4 Å². The van der Waals surface area contributed by atoms with E-state index in [2.05, 4.69) is 42.2 Å². The smallest absolute Gasteiger partial charge is 0.319 e. The summed E-state index contributed by atoms with van der Waals surface area (Å²) in [6.07, 6.45) is 0.257. The molecule has 1 aliphatic heterocycles. The first kappa shape index (κ1) is 21.6. The van der Waals surface area contributed by atoms with Crippen LogP contribution in [0.3, 0.4) is 0 Å². The molecule has 0 aliphatic carbocycles. The summed E-state index contributed by atoms with van der Waals surface area (Å²) in [5.74, 6) is -1.51. The predicted molar refractivity (Wildman–Crippen MR) is 115 cm³/mol. The molecule has 3 N–H and O–H groups in total. The Morgan fingerprint density at radius 1 is 1.22 bits per heavy atom. The fraction of sp³-hybridized carbons (Fsp3) is 0.200. The summed E-state index contributed by atoms with van der Waals surface area (Å²) in [7, 11) is 0. The Morgan fingerprint density at radius 2 is 2.03 bits per heavy atom. The summed E-state index contributed by atoms with van der Waals surface area (Å²) >= 11 is 3.04. The lowest BCUT2D eigenvalue weighted by molar-refractivity contribution is -0.136. The standard InChI is InChI=1S/C20H16BrFN6O4/c21-13-3-2-11(8-14(13)22)24-20(32)23-9-10-1-4-15-12(7-10)19(31)28(27-26-15)16-5-6-17(29)25-18(16)30/h1-4,7-8,16H,5-6,9H2,(H2,23,24,32)(H,25,29,30). The third kappa shape index (κ3) is 4.49. The second kappa shape index (κ2) is 8.83. The first-order chi connectivity index (χ1) is 15.3. The molecule has 0 spiro atoms. The first-order valence-electron chi connectivity index (χ1n) is 9.53. The molecule has 0 radical (unpaired) electrons. The largest absolute Gasteiger partial charge is 0.334 e. The average molecular weight is 503 g/mol. The summed E-state index contributed by atoms with van der Waals surface area (Å²) in [6.45, 7) is 0.0843. The molecule has 1 unspecified atom stereocenters. The molecule has 32 heavy (non-hydrogen) atoms. The number of carbonyl (C=O) groups is 3. The van der Waals surface area contributed by atoms with Crippen LogP contribution in [-0.4, -0.2) is 32.8 Å². The van der Waals surface area contributed by atoms with Crippen molar-refractivity contribution in [1.29, 1.82) is 0 Å². The molecule has 3 aromatic rings. The van der Waals surface area contributed by atoms with Crippen molar-refractivity contribution in [3.63, 3.8) is 0 Å². The quantitative estimate of drug-likeness (QED) is 0.467. The first-order valence-corrected chi connectivity index (χ1v) is 10.3. The van der Waals surface area contributed by atoms with Crippen LogP contribution in [0.4, 0.5) is 14.9 Å². The van der Waals surface area contributed by atoms with Gasteiger partial charge in [-0.1, -0.05) is 11.3 Å². The molecule has 4 amide bonds. The minimum absolute atomic E-state index is 0.0843. The van der Waals surface area contributed by atoms with E-state index < -0.39 is 35.3 Å². The second-order valence-electron chi connectivity index (χ2n) is 7.09. The highest BCUT2D eigenvalue weighted by molar-refractivity contribution is 9.10. The van der Waals surface area contributed by atoms with E-state index in [1.54, 1.807) is 24.3 Å². The Morgan fingerprint density at radius 3 is 2.78 bits per heavy atom. The molecule has 1 aromatic heterocycles. The van der Waals surface area contributed by atoms with Gasteiger partial charge in [-0.05, 0) is 58.2 Å². The lowest BCUT2D eigenvalue weighted by Gasteiger charge is -2.21. The highest BCUT2D eigenvalue weighted by atomic mass is 79.9. The third-order valence-electron chi connectivity index (χ3n) is 4.88. The van der Waals surface area contributed by atoms with Gasteiger partial charge in [-0.2, -0.15) is 4.68 Å². The number of carbonyl (C=O) groups excluding carboxylic acids is 3. The van der Waals surface area contributed by atoms with Crippen LogP contribution in [0.5, 0.6) is 0 Å². The Bertz CT molecular complexity index is 1310. The molecule has 2 heterocycles. The van der Waals surface area contributed by atoms with Gasteiger partial charge in [0.2, 0.25) is 5.91 Å². The average Bonchev–Trinajstić information content (AvgIpc) is 2.76. The number of urea groups is 1. The predicted octanol–water partition coefficient (Wildman–Crippen LogP) is 1.99. The number of piperidine rings is 1. The zero-order valence-corrected chi connectivity index (χ0v) is 18.0. The van der Waals surface area contributed by atoms with Crippen LogP contribution in [0.25, 0.3) is 10.9 Å². The van der Waals surface area contributed by atoms with Crippen LogP contribution in [-0.2, 0) is 16.1 Å². The maximum atomic E-state index is 13.6. The summed E-state index contributed by atoms with van der Waals surface area (Å²) < 4.78 is 14.8. The van der Waals surface area contributed by atoms with Crippen LogP contribution in [0.15, 0.2) is 45.7 Å². The number of hydrogen-bond acceptors (Lipinski definition) is 6. The molecule has 10 nitrogen and oxygen atoms in total. The fourth-order valence-corrected chi connectivity index (χ4v) is 3.51. The van der Waals surface area contributed by atoms with Crippen molar-refractivity contribution in [2.45, 2.75) is 25.4 Å². The van der Waals surface area contributed by atoms with E-state index in [1.807, 2.05) is 0 Å². The molecule has 164 valence electrons. The van der Waals surface area contributed by atoms with Crippen molar-refractivity contribution in [2.75, 3.05) is 5.32 Å². The number of nitrogens with one attached hydrogen (secondary N) is 3. The minimum atomic E-state index is -0.920. The molecular weight excluding hydrogens is 487 g/mol. The van der Waals surface area contributed by atoms with Gasteiger partial charge in [0, 0.05) is 18.7 Å².